The van der Waals surface area contributed by atoms with Crippen LogP contribution in [0.4, 0.5) is 0 Å². The van der Waals surface area contributed by atoms with Crippen LogP contribution < -0.4 is 0 Å². The third-order valence-electron chi connectivity index (χ3n) is 2.59. The van der Waals surface area contributed by atoms with Crippen LogP contribution >= 0.6 is 50.5 Å². The Kier molecular flexibility index (Phi) is 4.19. The van der Waals surface area contributed by atoms with Crippen molar-refractivity contribution in [2.75, 3.05) is 0 Å². The van der Waals surface area contributed by atoms with E-state index in [9.17, 15) is 0 Å². The standard InChI is InChI=1S/C13H11BrCl2S/c1-7-5-11(8(2)17-7)13(14)10-4-3-9(15)6-12(10)16/h3-6,13H,1-2H3. The average molecular weight is 350 g/mol. The molecule has 1 aromatic heterocycles. The number of aryl methyl sites for hydroxylation is 2. The summed E-state index contributed by atoms with van der Waals surface area (Å²) in [5, 5.41) is 1.36. The number of hydrogen-bond donors (Lipinski definition) is 0. The molecule has 0 aliphatic heterocycles. The van der Waals surface area contributed by atoms with Crippen molar-refractivity contribution >= 4 is 50.5 Å². The van der Waals surface area contributed by atoms with Gasteiger partial charge in [-0.15, -0.1) is 11.3 Å². The molecule has 0 aliphatic rings. The molecule has 0 saturated heterocycles. The monoisotopic (exact) mass is 348 g/mol. The van der Waals surface area contributed by atoms with Crippen molar-refractivity contribution in [1.82, 2.24) is 0 Å². The quantitative estimate of drug-likeness (QED) is 0.570. The van der Waals surface area contributed by atoms with Gasteiger partial charge >= 0.3 is 0 Å². The van der Waals surface area contributed by atoms with Gasteiger partial charge in [-0.05, 0) is 43.2 Å². The first-order valence-corrected chi connectivity index (χ1v) is 7.64. The predicted octanol–water partition coefficient (Wildman–Crippen LogP) is 6.16. The highest BCUT2D eigenvalue weighted by atomic mass is 79.9. The van der Waals surface area contributed by atoms with Crippen LogP contribution in [0.5, 0.6) is 0 Å². The molecule has 0 amide bonds. The maximum absolute atomic E-state index is 6.22. The number of halogens is 3. The summed E-state index contributed by atoms with van der Waals surface area (Å²) in [7, 11) is 0. The van der Waals surface area contributed by atoms with Gasteiger partial charge in [-0.2, -0.15) is 0 Å². The van der Waals surface area contributed by atoms with Gasteiger partial charge in [-0.1, -0.05) is 45.2 Å². The van der Waals surface area contributed by atoms with E-state index in [1.165, 1.54) is 15.3 Å². The molecular weight excluding hydrogens is 339 g/mol. The lowest BCUT2D eigenvalue weighted by molar-refractivity contribution is 1.17. The van der Waals surface area contributed by atoms with Gasteiger partial charge in [0.15, 0.2) is 0 Å². The number of alkyl halides is 1. The molecule has 1 heterocycles. The Bertz CT molecular complexity index is 548. The molecule has 0 N–H and O–H groups in total. The van der Waals surface area contributed by atoms with E-state index in [1.807, 2.05) is 12.1 Å². The SMILES string of the molecule is Cc1cc(C(Br)c2ccc(Cl)cc2Cl)c(C)s1. The molecule has 1 atom stereocenters. The molecule has 0 spiro atoms. The smallest absolute Gasteiger partial charge is 0.0669 e. The van der Waals surface area contributed by atoms with Gasteiger partial charge in [-0.25, -0.2) is 0 Å². The molecule has 2 rings (SSSR count). The fourth-order valence-corrected chi connectivity index (χ4v) is 4.42. The third-order valence-corrected chi connectivity index (χ3v) is 5.12. The maximum atomic E-state index is 6.22. The van der Waals surface area contributed by atoms with E-state index in [0.717, 1.165) is 5.56 Å². The van der Waals surface area contributed by atoms with Gasteiger partial charge in [0.25, 0.3) is 0 Å². The van der Waals surface area contributed by atoms with Gasteiger partial charge in [0, 0.05) is 19.8 Å². The van der Waals surface area contributed by atoms with E-state index in [4.69, 9.17) is 23.2 Å². The van der Waals surface area contributed by atoms with E-state index in [1.54, 1.807) is 17.4 Å². The molecule has 1 unspecified atom stereocenters. The van der Waals surface area contributed by atoms with Crippen molar-refractivity contribution in [2.24, 2.45) is 0 Å². The molecule has 0 aliphatic carbocycles. The van der Waals surface area contributed by atoms with Crippen LogP contribution in [0.25, 0.3) is 0 Å². The van der Waals surface area contributed by atoms with Gasteiger partial charge < -0.3 is 0 Å². The van der Waals surface area contributed by atoms with Crippen molar-refractivity contribution in [3.8, 4) is 0 Å². The highest BCUT2D eigenvalue weighted by molar-refractivity contribution is 9.09. The first-order valence-electron chi connectivity index (χ1n) is 5.15. The zero-order chi connectivity index (χ0) is 12.6. The normalized spacial score (nSPS) is 12.8. The Hall–Kier alpha value is -0.0200. The van der Waals surface area contributed by atoms with Crippen LogP contribution in [0.1, 0.15) is 25.7 Å². The molecule has 4 heteroatoms. The molecule has 0 bridgehead atoms. The highest BCUT2D eigenvalue weighted by Crippen LogP contribution is 2.40. The van der Waals surface area contributed by atoms with Crippen LogP contribution in [0.15, 0.2) is 24.3 Å². The molecule has 1 aromatic carbocycles. The van der Waals surface area contributed by atoms with Gasteiger partial charge in [0.05, 0.1) is 4.83 Å². The summed E-state index contributed by atoms with van der Waals surface area (Å²) in [4.78, 5) is 2.75. The van der Waals surface area contributed by atoms with Crippen molar-refractivity contribution < 1.29 is 0 Å². The molecule has 0 fully saturated rings. The predicted molar refractivity (Wildman–Crippen MR) is 81.0 cm³/mol. The lowest BCUT2D eigenvalue weighted by atomic mass is 10.1. The van der Waals surface area contributed by atoms with E-state index < -0.39 is 0 Å². The zero-order valence-electron chi connectivity index (χ0n) is 9.43. The number of rotatable bonds is 2. The molecular formula is C13H11BrCl2S. The fraction of sp³-hybridized carbons (Fsp3) is 0.231. The number of thiophene rings is 1. The first-order chi connectivity index (χ1) is 7.99. The zero-order valence-corrected chi connectivity index (χ0v) is 13.3. The minimum atomic E-state index is 0.122. The average Bonchev–Trinajstić information content (AvgIpc) is 2.57. The summed E-state index contributed by atoms with van der Waals surface area (Å²) in [6.45, 7) is 4.25. The largest absolute Gasteiger partial charge is 0.146 e. The minimum absolute atomic E-state index is 0.122. The van der Waals surface area contributed by atoms with Gasteiger partial charge in [-0.3, -0.25) is 0 Å². The van der Waals surface area contributed by atoms with Crippen LogP contribution in [-0.2, 0) is 0 Å². The van der Waals surface area contributed by atoms with Crippen LogP contribution in [0.2, 0.25) is 10.0 Å². The Labute approximate surface area is 124 Å². The second kappa shape index (κ2) is 5.31. The van der Waals surface area contributed by atoms with E-state index in [2.05, 4.69) is 35.8 Å². The Morgan fingerprint density at radius 2 is 1.82 bits per heavy atom. The van der Waals surface area contributed by atoms with E-state index in [0.29, 0.717) is 10.0 Å². The third kappa shape index (κ3) is 2.87. The van der Waals surface area contributed by atoms with E-state index in [-0.39, 0.29) is 4.83 Å². The Morgan fingerprint density at radius 1 is 1.12 bits per heavy atom. The summed E-state index contributed by atoms with van der Waals surface area (Å²) >= 11 is 17.6. The molecule has 0 saturated carbocycles. The van der Waals surface area contributed by atoms with Crippen molar-refractivity contribution in [2.45, 2.75) is 18.7 Å². The van der Waals surface area contributed by atoms with Crippen LogP contribution in [-0.4, -0.2) is 0 Å². The summed E-state index contributed by atoms with van der Waals surface area (Å²) in [5.74, 6) is 0. The number of hydrogen-bond acceptors (Lipinski definition) is 1. The molecule has 17 heavy (non-hydrogen) atoms. The van der Waals surface area contributed by atoms with Crippen molar-refractivity contribution in [3.63, 3.8) is 0 Å². The van der Waals surface area contributed by atoms with Crippen molar-refractivity contribution in [1.29, 1.82) is 0 Å². The fourth-order valence-electron chi connectivity index (χ4n) is 1.78. The van der Waals surface area contributed by atoms with Gasteiger partial charge in [0.2, 0.25) is 0 Å². The topological polar surface area (TPSA) is 0 Å². The summed E-state index contributed by atoms with van der Waals surface area (Å²) in [6, 6.07) is 7.81. The molecule has 0 radical (unpaired) electrons. The first kappa shape index (κ1) is 13.4. The lowest BCUT2D eigenvalue weighted by Gasteiger charge is -2.12. The van der Waals surface area contributed by atoms with Crippen LogP contribution in [0, 0.1) is 13.8 Å². The maximum Gasteiger partial charge on any atom is 0.0669 e. The van der Waals surface area contributed by atoms with Gasteiger partial charge in [0.1, 0.15) is 0 Å². The second-order valence-corrected chi connectivity index (χ2v) is 7.12. The molecule has 2 aromatic rings. The molecule has 0 nitrogen and oxygen atoms in total. The number of benzene rings is 1. The van der Waals surface area contributed by atoms with E-state index >= 15 is 0 Å². The summed E-state index contributed by atoms with van der Waals surface area (Å²) in [6.07, 6.45) is 0. The second-order valence-electron chi connectivity index (χ2n) is 3.90. The van der Waals surface area contributed by atoms with Crippen molar-refractivity contribution in [3.05, 3.63) is 55.2 Å². The highest BCUT2D eigenvalue weighted by Gasteiger charge is 2.17. The van der Waals surface area contributed by atoms with Crippen LogP contribution in [0.3, 0.4) is 0 Å². The summed E-state index contributed by atoms with van der Waals surface area (Å²) < 4.78 is 0. The summed E-state index contributed by atoms with van der Waals surface area (Å²) in [5.41, 5.74) is 2.33. The Morgan fingerprint density at radius 3 is 2.35 bits per heavy atom. The Balaban J connectivity index is 2.43. The lowest BCUT2D eigenvalue weighted by Crippen LogP contribution is -1.93. The molecule has 90 valence electrons. The minimum Gasteiger partial charge on any atom is -0.146 e.